The number of nitriles is 1. The minimum absolute atomic E-state index is 0.0515. The zero-order valence-electron chi connectivity index (χ0n) is 10.1. The van der Waals surface area contributed by atoms with E-state index in [1.165, 1.54) is 17.0 Å². The van der Waals surface area contributed by atoms with Gasteiger partial charge >= 0.3 is 6.18 Å². The number of hydrogen-bond donors (Lipinski definition) is 0. The van der Waals surface area contributed by atoms with Crippen LogP contribution in [0.3, 0.4) is 0 Å². The second-order valence-electron chi connectivity index (χ2n) is 3.76. The molecule has 0 saturated heterocycles. The van der Waals surface area contributed by atoms with Crippen molar-refractivity contribution in [1.82, 2.24) is 0 Å². The SMILES string of the molecule is CSCCN(C)c1cc(C#N)ccc1C(F)(F)F. The second kappa shape index (κ2) is 6.01. The molecule has 0 radical (unpaired) electrons. The summed E-state index contributed by atoms with van der Waals surface area (Å²) >= 11 is 1.56. The fourth-order valence-electron chi connectivity index (χ4n) is 1.51. The lowest BCUT2D eigenvalue weighted by Crippen LogP contribution is -2.23. The zero-order valence-corrected chi connectivity index (χ0v) is 10.9. The lowest BCUT2D eigenvalue weighted by molar-refractivity contribution is -0.137. The molecule has 0 heterocycles. The summed E-state index contributed by atoms with van der Waals surface area (Å²) in [5, 5.41) is 8.76. The van der Waals surface area contributed by atoms with Crippen molar-refractivity contribution in [3.05, 3.63) is 29.3 Å². The molecular formula is C12H13F3N2S. The van der Waals surface area contributed by atoms with Crippen LogP contribution < -0.4 is 4.90 Å². The van der Waals surface area contributed by atoms with E-state index in [0.29, 0.717) is 6.54 Å². The van der Waals surface area contributed by atoms with Crippen LogP contribution in [-0.2, 0) is 6.18 Å². The van der Waals surface area contributed by atoms with Gasteiger partial charge in [-0.1, -0.05) is 0 Å². The molecule has 1 aromatic rings. The van der Waals surface area contributed by atoms with Gasteiger partial charge < -0.3 is 4.90 Å². The van der Waals surface area contributed by atoms with Gasteiger partial charge in [0.05, 0.1) is 22.9 Å². The Labute approximate surface area is 108 Å². The number of halogens is 3. The van der Waals surface area contributed by atoms with Crippen LogP contribution in [-0.4, -0.2) is 25.6 Å². The van der Waals surface area contributed by atoms with Gasteiger partial charge in [0.25, 0.3) is 0 Å². The van der Waals surface area contributed by atoms with Gasteiger partial charge in [-0.2, -0.15) is 30.2 Å². The van der Waals surface area contributed by atoms with Crippen molar-refractivity contribution in [3.8, 4) is 6.07 Å². The van der Waals surface area contributed by atoms with Crippen molar-refractivity contribution in [2.24, 2.45) is 0 Å². The Balaban J connectivity index is 3.16. The Morgan fingerprint density at radius 1 is 1.39 bits per heavy atom. The predicted octanol–water partition coefficient (Wildman–Crippen LogP) is 3.38. The summed E-state index contributed by atoms with van der Waals surface area (Å²) in [6, 6.07) is 5.29. The number of thioether (sulfide) groups is 1. The molecule has 0 unspecified atom stereocenters. The lowest BCUT2D eigenvalue weighted by atomic mass is 10.1. The first kappa shape index (κ1) is 14.7. The highest BCUT2D eigenvalue weighted by atomic mass is 32.2. The number of benzene rings is 1. The van der Waals surface area contributed by atoms with Crippen LogP contribution in [0.25, 0.3) is 0 Å². The van der Waals surface area contributed by atoms with Crippen LogP contribution in [0.2, 0.25) is 0 Å². The van der Waals surface area contributed by atoms with Gasteiger partial charge in [0.15, 0.2) is 0 Å². The van der Waals surface area contributed by atoms with E-state index in [9.17, 15) is 13.2 Å². The molecule has 2 nitrogen and oxygen atoms in total. The number of alkyl halides is 3. The van der Waals surface area contributed by atoms with Crippen LogP contribution in [0.4, 0.5) is 18.9 Å². The molecule has 0 bridgehead atoms. The molecule has 0 aliphatic carbocycles. The maximum Gasteiger partial charge on any atom is 0.418 e. The first-order valence-corrected chi connectivity index (χ1v) is 6.61. The first-order valence-electron chi connectivity index (χ1n) is 5.21. The second-order valence-corrected chi connectivity index (χ2v) is 4.74. The highest BCUT2D eigenvalue weighted by Gasteiger charge is 2.34. The van der Waals surface area contributed by atoms with E-state index in [2.05, 4.69) is 0 Å². The average molecular weight is 274 g/mol. The van der Waals surface area contributed by atoms with Crippen molar-refractivity contribution in [3.63, 3.8) is 0 Å². The van der Waals surface area contributed by atoms with Crippen molar-refractivity contribution >= 4 is 17.4 Å². The summed E-state index contributed by atoms with van der Waals surface area (Å²) in [7, 11) is 1.60. The van der Waals surface area contributed by atoms with Gasteiger partial charge in [-0.15, -0.1) is 0 Å². The molecule has 0 amide bonds. The first-order chi connectivity index (χ1) is 8.40. The van der Waals surface area contributed by atoms with Gasteiger partial charge in [0, 0.05) is 19.3 Å². The molecule has 0 aromatic heterocycles. The van der Waals surface area contributed by atoms with Crippen molar-refractivity contribution in [2.75, 3.05) is 30.5 Å². The fraction of sp³-hybridized carbons (Fsp3) is 0.417. The van der Waals surface area contributed by atoms with Gasteiger partial charge in [-0.05, 0) is 24.5 Å². The Morgan fingerprint density at radius 2 is 2.06 bits per heavy atom. The normalized spacial score (nSPS) is 11.1. The molecule has 0 spiro atoms. The topological polar surface area (TPSA) is 27.0 Å². The van der Waals surface area contributed by atoms with Crippen molar-refractivity contribution in [2.45, 2.75) is 6.18 Å². The van der Waals surface area contributed by atoms with Crippen LogP contribution >= 0.6 is 11.8 Å². The maximum atomic E-state index is 12.9. The predicted molar refractivity (Wildman–Crippen MR) is 67.8 cm³/mol. The molecule has 0 fully saturated rings. The third-order valence-corrected chi connectivity index (χ3v) is 3.07. The van der Waals surface area contributed by atoms with Crippen LogP contribution in [0.5, 0.6) is 0 Å². The van der Waals surface area contributed by atoms with Gasteiger partial charge in [0.2, 0.25) is 0 Å². The Hall–Kier alpha value is -1.35. The molecule has 0 N–H and O–H groups in total. The van der Waals surface area contributed by atoms with E-state index in [1.807, 2.05) is 12.3 Å². The Kier molecular flexibility index (Phi) is 4.91. The summed E-state index contributed by atoms with van der Waals surface area (Å²) in [6.45, 7) is 0.499. The summed E-state index contributed by atoms with van der Waals surface area (Å²) < 4.78 is 38.6. The van der Waals surface area contributed by atoms with Crippen LogP contribution in [0.1, 0.15) is 11.1 Å². The molecule has 0 atom stereocenters. The van der Waals surface area contributed by atoms with E-state index >= 15 is 0 Å². The maximum absolute atomic E-state index is 12.9. The summed E-state index contributed by atoms with van der Waals surface area (Å²) in [5.74, 6) is 0.727. The summed E-state index contributed by atoms with van der Waals surface area (Å²) in [5.41, 5.74) is -0.422. The van der Waals surface area contributed by atoms with Crippen molar-refractivity contribution in [1.29, 1.82) is 5.26 Å². The molecule has 98 valence electrons. The lowest BCUT2D eigenvalue weighted by Gasteiger charge is -2.23. The summed E-state index contributed by atoms with van der Waals surface area (Å²) in [4.78, 5) is 1.53. The van der Waals surface area contributed by atoms with Crippen LogP contribution in [0.15, 0.2) is 18.2 Å². The smallest absolute Gasteiger partial charge is 0.373 e. The van der Waals surface area contributed by atoms with E-state index < -0.39 is 11.7 Å². The summed E-state index contributed by atoms with van der Waals surface area (Å²) in [6.07, 6.45) is -2.51. The molecule has 1 aromatic carbocycles. The molecule has 18 heavy (non-hydrogen) atoms. The zero-order chi connectivity index (χ0) is 13.8. The van der Waals surface area contributed by atoms with E-state index in [-0.39, 0.29) is 11.3 Å². The average Bonchev–Trinajstić information content (AvgIpc) is 2.34. The van der Waals surface area contributed by atoms with Gasteiger partial charge in [-0.3, -0.25) is 0 Å². The number of hydrogen-bond acceptors (Lipinski definition) is 3. The van der Waals surface area contributed by atoms with E-state index in [0.717, 1.165) is 11.8 Å². The number of rotatable bonds is 4. The van der Waals surface area contributed by atoms with Gasteiger partial charge in [0.1, 0.15) is 0 Å². The highest BCUT2D eigenvalue weighted by Crippen LogP contribution is 2.36. The Morgan fingerprint density at radius 3 is 2.56 bits per heavy atom. The molecule has 6 heteroatoms. The molecule has 0 aliphatic heterocycles. The van der Waals surface area contributed by atoms with E-state index in [4.69, 9.17) is 5.26 Å². The number of nitrogens with zero attached hydrogens (tertiary/aromatic N) is 2. The third-order valence-electron chi connectivity index (χ3n) is 2.47. The fourth-order valence-corrected chi connectivity index (χ4v) is 1.96. The van der Waals surface area contributed by atoms with Gasteiger partial charge in [-0.25, -0.2) is 0 Å². The van der Waals surface area contributed by atoms with E-state index in [1.54, 1.807) is 18.8 Å². The largest absolute Gasteiger partial charge is 0.418 e. The molecule has 1 rings (SSSR count). The Bertz CT molecular complexity index is 452. The molecular weight excluding hydrogens is 261 g/mol. The van der Waals surface area contributed by atoms with Crippen LogP contribution in [0, 0.1) is 11.3 Å². The highest BCUT2D eigenvalue weighted by molar-refractivity contribution is 7.98. The van der Waals surface area contributed by atoms with Crippen molar-refractivity contribution < 1.29 is 13.2 Å². The molecule has 0 aliphatic rings. The minimum atomic E-state index is -4.41. The standard InChI is InChI=1S/C12H13F3N2S/c1-17(5-6-18-2)11-7-9(8-16)3-4-10(11)12(13,14)15/h3-4,7H,5-6H2,1-2H3. The number of anilines is 1. The minimum Gasteiger partial charge on any atom is -0.373 e. The third kappa shape index (κ3) is 3.57. The monoisotopic (exact) mass is 274 g/mol. The molecule has 0 saturated carbocycles. The quantitative estimate of drug-likeness (QED) is 0.842.